The van der Waals surface area contributed by atoms with Crippen molar-refractivity contribution in [3.63, 3.8) is 0 Å². The summed E-state index contributed by atoms with van der Waals surface area (Å²) < 4.78 is 33.0. The Labute approximate surface area is 125 Å². The molecule has 0 amide bonds. The molecule has 1 aliphatic carbocycles. The number of halogens is 2. The van der Waals surface area contributed by atoms with Crippen LogP contribution in [0.4, 0.5) is 8.78 Å². The lowest BCUT2D eigenvalue weighted by Crippen LogP contribution is -2.28. The SMILES string of the molecule is CCCNC(COCCC1CCC1)c1cccc(F)c1F. The molecule has 1 aromatic rings. The second-order valence-electron chi connectivity index (χ2n) is 5.81. The highest BCUT2D eigenvalue weighted by Gasteiger charge is 2.19. The summed E-state index contributed by atoms with van der Waals surface area (Å²) in [4.78, 5) is 0. The van der Waals surface area contributed by atoms with Crippen molar-refractivity contribution in [1.29, 1.82) is 0 Å². The Balaban J connectivity index is 1.88. The second-order valence-corrected chi connectivity index (χ2v) is 5.81. The average molecular weight is 297 g/mol. The molecular weight excluding hydrogens is 272 g/mol. The van der Waals surface area contributed by atoms with Crippen LogP contribution in [-0.4, -0.2) is 19.8 Å². The molecule has 1 fully saturated rings. The van der Waals surface area contributed by atoms with Gasteiger partial charge in [0.15, 0.2) is 11.6 Å². The maximum absolute atomic E-state index is 13.9. The van der Waals surface area contributed by atoms with Gasteiger partial charge in [0.05, 0.1) is 12.6 Å². The molecule has 4 heteroatoms. The molecule has 0 aromatic heterocycles. The van der Waals surface area contributed by atoms with Crippen LogP contribution in [0.25, 0.3) is 0 Å². The fraction of sp³-hybridized carbons (Fsp3) is 0.647. The van der Waals surface area contributed by atoms with E-state index >= 15 is 0 Å². The lowest BCUT2D eigenvalue weighted by Gasteiger charge is -2.25. The standard InChI is InChI=1S/C17H25F2NO/c1-2-10-20-16(12-21-11-9-13-5-3-6-13)14-7-4-8-15(18)17(14)19/h4,7-8,13,16,20H,2-3,5-6,9-12H2,1H3. The summed E-state index contributed by atoms with van der Waals surface area (Å²) in [7, 11) is 0. The van der Waals surface area contributed by atoms with Crippen molar-refractivity contribution in [2.75, 3.05) is 19.8 Å². The van der Waals surface area contributed by atoms with Crippen LogP contribution >= 0.6 is 0 Å². The van der Waals surface area contributed by atoms with Gasteiger partial charge in [0.1, 0.15) is 0 Å². The third-order valence-corrected chi connectivity index (χ3v) is 4.18. The minimum atomic E-state index is -0.801. The first-order valence-corrected chi connectivity index (χ1v) is 7.97. The van der Waals surface area contributed by atoms with Gasteiger partial charge in [-0.1, -0.05) is 38.3 Å². The van der Waals surface area contributed by atoms with Crippen LogP contribution in [-0.2, 0) is 4.74 Å². The van der Waals surface area contributed by atoms with E-state index in [1.807, 2.05) is 6.92 Å². The Morgan fingerprint density at radius 1 is 1.33 bits per heavy atom. The Bertz CT molecular complexity index is 435. The molecule has 2 rings (SSSR count). The second kappa shape index (κ2) is 8.44. The zero-order valence-electron chi connectivity index (χ0n) is 12.7. The van der Waals surface area contributed by atoms with Crippen molar-refractivity contribution in [3.8, 4) is 0 Å². The van der Waals surface area contributed by atoms with Crippen LogP contribution in [0.3, 0.4) is 0 Å². The van der Waals surface area contributed by atoms with Crippen molar-refractivity contribution < 1.29 is 13.5 Å². The van der Waals surface area contributed by atoms with Gasteiger partial charge in [0, 0.05) is 12.2 Å². The third-order valence-electron chi connectivity index (χ3n) is 4.18. The Morgan fingerprint density at radius 2 is 2.14 bits per heavy atom. The molecule has 1 saturated carbocycles. The molecule has 0 aliphatic heterocycles. The molecule has 1 aromatic carbocycles. The van der Waals surface area contributed by atoms with Gasteiger partial charge >= 0.3 is 0 Å². The molecule has 0 bridgehead atoms. The van der Waals surface area contributed by atoms with Gasteiger partial charge < -0.3 is 10.1 Å². The normalized spacial score (nSPS) is 16.7. The van der Waals surface area contributed by atoms with Crippen LogP contribution in [0.2, 0.25) is 0 Å². The number of hydrogen-bond acceptors (Lipinski definition) is 2. The summed E-state index contributed by atoms with van der Waals surface area (Å²) >= 11 is 0. The number of hydrogen-bond donors (Lipinski definition) is 1. The first-order chi connectivity index (χ1) is 10.2. The largest absolute Gasteiger partial charge is 0.379 e. The summed E-state index contributed by atoms with van der Waals surface area (Å²) in [6, 6.07) is 4.03. The molecule has 1 atom stereocenters. The average Bonchev–Trinajstić information content (AvgIpc) is 2.43. The van der Waals surface area contributed by atoms with Gasteiger partial charge in [-0.25, -0.2) is 8.78 Å². The van der Waals surface area contributed by atoms with Crippen LogP contribution in [0.1, 0.15) is 50.6 Å². The van der Waals surface area contributed by atoms with Crippen molar-refractivity contribution in [2.24, 2.45) is 5.92 Å². The van der Waals surface area contributed by atoms with Gasteiger partial charge in [-0.2, -0.15) is 0 Å². The molecule has 0 saturated heterocycles. The van der Waals surface area contributed by atoms with Gasteiger partial charge in [-0.05, 0) is 31.4 Å². The first kappa shape index (κ1) is 16.4. The van der Waals surface area contributed by atoms with E-state index in [2.05, 4.69) is 5.32 Å². The van der Waals surface area contributed by atoms with Crippen LogP contribution < -0.4 is 5.32 Å². The van der Waals surface area contributed by atoms with Gasteiger partial charge in [0.25, 0.3) is 0 Å². The molecule has 21 heavy (non-hydrogen) atoms. The summed E-state index contributed by atoms with van der Waals surface area (Å²) in [5, 5.41) is 3.24. The quantitative estimate of drug-likeness (QED) is 0.689. The highest BCUT2D eigenvalue weighted by Crippen LogP contribution is 2.29. The van der Waals surface area contributed by atoms with Gasteiger partial charge in [-0.15, -0.1) is 0 Å². The minimum absolute atomic E-state index is 0.290. The molecule has 0 radical (unpaired) electrons. The Morgan fingerprint density at radius 3 is 2.81 bits per heavy atom. The molecule has 1 N–H and O–H groups in total. The topological polar surface area (TPSA) is 21.3 Å². The maximum Gasteiger partial charge on any atom is 0.163 e. The summed E-state index contributed by atoms with van der Waals surface area (Å²) in [5.74, 6) is -0.767. The Kier molecular flexibility index (Phi) is 6.58. The van der Waals surface area contributed by atoms with Crippen molar-refractivity contribution in [1.82, 2.24) is 5.32 Å². The number of nitrogens with one attached hydrogen (secondary N) is 1. The fourth-order valence-electron chi connectivity index (χ4n) is 2.60. The lowest BCUT2D eigenvalue weighted by atomic mass is 9.83. The van der Waals surface area contributed by atoms with E-state index in [4.69, 9.17) is 4.74 Å². The van der Waals surface area contributed by atoms with Crippen LogP contribution in [0, 0.1) is 17.6 Å². The number of ether oxygens (including phenoxy) is 1. The lowest BCUT2D eigenvalue weighted by molar-refractivity contribution is 0.0879. The summed E-state index contributed by atoms with van der Waals surface area (Å²) in [5.41, 5.74) is 0.354. The highest BCUT2D eigenvalue weighted by atomic mass is 19.2. The van der Waals surface area contributed by atoms with Gasteiger partial charge in [0.2, 0.25) is 0 Å². The molecule has 2 nitrogen and oxygen atoms in total. The summed E-state index contributed by atoms with van der Waals surface area (Å²) in [6.07, 6.45) is 5.96. The molecule has 1 aliphatic rings. The molecule has 0 heterocycles. The van der Waals surface area contributed by atoms with E-state index in [1.165, 1.54) is 19.3 Å². The van der Waals surface area contributed by atoms with E-state index < -0.39 is 11.6 Å². The number of benzene rings is 1. The van der Waals surface area contributed by atoms with Crippen molar-refractivity contribution >= 4 is 0 Å². The van der Waals surface area contributed by atoms with E-state index in [1.54, 1.807) is 12.1 Å². The predicted molar refractivity (Wildman–Crippen MR) is 80.2 cm³/mol. The minimum Gasteiger partial charge on any atom is -0.379 e. The van der Waals surface area contributed by atoms with E-state index in [0.717, 1.165) is 31.4 Å². The van der Waals surface area contributed by atoms with E-state index in [9.17, 15) is 8.78 Å². The number of rotatable bonds is 9. The van der Waals surface area contributed by atoms with E-state index in [0.29, 0.717) is 18.8 Å². The fourth-order valence-corrected chi connectivity index (χ4v) is 2.60. The first-order valence-electron chi connectivity index (χ1n) is 7.97. The highest BCUT2D eigenvalue weighted by molar-refractivity contribution is 5.22. The molecule has 118 valence electrons. The van der Waals surface area contributed by atoms with Crippen LogP contribution in [0.15, 0.2) is 18.2 Å². The van der Waals surface area contributed by atoms with Crippen molar-refractivity contribution in [3.05, 3.63) is 35.4 Å². The van der Waals surface area contributed by atoms with Crippen molar-refractivity contribution in [2.45, 2.75) is 45.1 Å². The maximum atomic E-state index is 13.9. The zero-order valence-corrected chi connectivity index (χ0v) is 12.7. The smallest absolute Gasteiger partial charge is 0.163 e. The molecular formula is C17H25F2NO. The summed E-state index contributed by atoms with van der Waals surface area (Å²) in [6.45, 7) is 3.88. The molecule has 0 spiro atoms. The monoisotopic (exact) mass is 297 g/mol. The van der Waals surface area contributed by atoms with Crippen LogP contribution in [0.5, 0.6) is 0 Å². The van der Waals surface area contributed by atoms with Gasteiger partial charge in [-0.3, -0.25) is 0 Å². The predicted octanol–water partition coefficient (Wildman–Crippen LogP) is 4.21. The van der Waals surface area contributed by atoms with E-state index in [-0.39, 0.29) is 6.04 Å². The molecule has 1 unspecified atom stereocenters. The third kappa shape index (κ3) is 4.75. The zero-order chi connectivity index (χ0) is 15.1. The Hall–Kier alpha value is -1.00.